The SMILES string of the molecule is CC[C@@]1(C(=O)O)[C@@H](O)CCN1C(=O)OC(C)(C)C. The molecule has 1 rings (SSSR count). The van der Waals surface area contributed by atoms with Crippen molar-refractivity contribution in [1.29, 1.82) is 0 Å². The molecule has 0 radical (unpaired) electrons. The summed E-state index contributed by atoms with van der Waals surface area (Å²) in [6.45, 7) is 6.97. The number of aliphatic hydroxyl groups is 1. The molecule has 1 heterocycles. The number of carboxylic acids is 1. The van der Waals surface area contributed by atoms with E-state index in [4.69, 9.17) is 4.74 Å². The molecule has 0 spiro atoms. The molecule has 6 nitrogen and oxygen atoms in total. The summed E-state index contributed by atoms with van der Waals surface area (Å²) < 4.78 is 5.19. The van der Waals surface area contributed by atoms with E-state index in [0.717, 1.165) is 4.90 Å². The van der Waals surface area contributed by atoms with Crippen LogP contribution in [0.3, 0.4) is 0 Å². The Kier molecular flexibility index (Phi) is 3.90. The number of aliphatic carboxylic acids is 1. The lowest BCUT2D eigenvalue weighted by Crippen LogP contribution is -2.58. The zero-order valence-corrected chi connectivity index (χ0v) is 11.3. The number of carbonyl (C=O) groups is 2. The van der Waals surface area contributed by atoms with E-state index in [2.05, 4.69) is 0 Å². The van der Waals surface area contributed by atoms with Gasteiger partial charge in [0.15, 0.2) is 5.54 Å². The molecule has 6 heteroatoms. The third kappa shape index (κ3) is 2.43. The molecule has 1 aliphatic heterocycles. The van der Waals surface area contributed by atoms with Crippen molar-refractivity contribution < 1.29 is 24.5 Å². The summed E-state index contributed by atoms with van der Waals surface area (Å²) in [7, 11) is 0. The van der Waals surface area contributed by atoms with Gasteiger partial charge in [0, 0.05) is 6.54 Å². The number of carboxylic acid groups (broad SMARTS) is 1. The Hall–Kier alpha value is -1.30. The van der Waals surface area contributed by atoms with Crippen molar-refractivity contribution in [2.24, 2.45) is 0 Å². The van der Waals surface area contributed by atoms with Crippen LogP contribution in [0.15, 0.2) is 0 Å². The van der Waals surface area contributed by atoms with Crippen molar-refractivity contribution in [2.45, 2.75) is 57.8 Å². The van der Waals surface area contributed by atoms with Crippen molar-refractivity contribution in [3.8, 4) is 0 Å². The Balaban J connectivity index is 3.01. The van der Waals surface area contributed by atoms with E-state index < -0.39 is 29.3 Å². The van der Waals surface area contributed by atoms with E-state index in [1.54, 1.807) is 27.7 Å². The number of aliphatic hydroxyl groups excluding tert-OH is 1. The van der Waals surface area contributed by atoms with Gasteiger partial charge in [-0.25, -0.2) is 9.59 Å². The topological polar surface area (TPSA) is 87.1 Å². The van der Waals surface area contributed by atoms with Crippen LogP contribution in [0, 0.1) is 0 Å². The van der Waals surface area contributed by atoms with E-state index in [0.29, 0.717) is 0 Å². The first-order valence-corrected chi connectivity index (χ1v) is 6.07. The summed E-state index contributed by atoms with van der Waals surface area (Å²) in [5.74, 6) is -1.19. The van der Waals surface area contributed by atoms with Crippen LogP contribution < -0.4 is 0 Å². The predicted octanol–water partition coefficient (Wildman–Crippen LogP) is 1.22. The average molecular weight is 259 g/mol. The molecule has 0 aromatic carbocycles. The molecule has 0 bridgehead atoms. The maximum atomic E-state index is 12.0. The quantitative estimate of drug-likeness (QED) is 0.778. The Morgan fingerprint density at radius 1 is 1.44 bits per heavy atom. The van der Waals surface area contributed by atoms with Crippen LogP contribution >= 0.6 is 0 Å². The molecule has 104 valence electrons. The Bertz CT molecular complexity index is 349. The number of carbonyl (C=O) groups excluding carboxylic acids is 1. The summed E-state index contributed by atoms with van der Waals surface area (Å²) in [6.07, 6.45) is -1.36. The van der Waals surface area contributed by atoms with E-state index in [9.17, 15) is 19.8 Å². The molecule has 1 aliphatic rings. The lowest BCUT2D eigenvalue weighted by Gasteiger charge is -2.36. The van der Waals surface area contributed by atoms with Gasteiger partial charge in [0.05, 0.1) is 6.10 Å². The normalized spacial score (nSPS) is 28.3. The third-order valence-electron chi connectivity index (χ3n) is 3.18. The van der Waals surface area contributed by atoms with Gasteiger partial charge in [0.1, 0.15) is 5.60 Å². The fourth-order valence-electron chi connectivity index (χ4n) is 2.28. The molecule has 18 heavy (non-hydrogen) atoms. The van der Waals surface area contributed by atoms with Gasteiger partial charge in [-0.3, -0.25) is 4.90 Å². The van der Waals surface area contributed by atoms with Gasteiger partial charge in [-0.1, -0.05) is 6.92 Å². The smallest absolute Gasteiger partial charge is 0.411 e. The van der Waals surface area contributed by atoms with Crippen LogP contribution in [-0.2, 0) is 9.53 Å². The van der Waals surface area contributed by atoms with Crippen LogP contribution in [0.2, 0.25) is 0 Å². The van der Waals surface area contributed by atoms with E-state index in [-0.39, 0.29) is 19.4 Å². The van der Waals surface area contributed by atoms with Crippen LogP contribution in [0.1, 0.15) is 40.5 Å². The summed E-state index contributed by atoms with van der Waals surface area (Å²) in [4.78, 5) is 24.6. The minimum atomic E-state index is -1.57. The molecule has 0 aromatic heterocycles. The Morgan fingerprint density at radius 3 is 2.39 bits per heavy atom. The Labute approximate surface area is 107 Å². The number of rotatable bonds is 2. The van der Waals surface area contributed by atoms with Crippen molar-refractivity contribution in [2.75, 3.05) is 6.54 Å². The molecule has 2 N–H and O–H groups in total. The largest absolute Gasteiger partial charge is 0.479 e. The van der Waals surface area contributed by atoms with Gasteiger partial charge in [-0.05, 0) is 33.6 Å². The maximum Gasteiger partial charge on any atom is 0.411 e. The fourth-order valence-corrected chi connectivity index (χ4v) is 2.28. The second-order valence-corrected chi connectivity index (χ2v) is 5.52. The fraction of sp³-hybridized carbons (Fsp3) is 0.833. The second kappa shape index (κ2) is 4.76. The summed E-state index contributed by atoms with van der Waals surface area (Å²) in [5, 5.41) is 19.2. The van der Waals surface area contributed by atoms with Gasteiger partial charge in [-0.15, -0.1) is 0 Å². The van der Waals surface area contributed by atoms with Gasteiger partial charge in [0.2, 0.25) is 0 Å². The first kappa shape index (κ1) is 14.8. The summed E-state index contributed by atoms with van der Waals surface area (Å²) in [5.41, 5.74) is -2.26. The number of likely N-dealkylation sites (tertiary alicyclic amines) is 1. The van der Waals surface area contributed by atoms with E-state index in [1.165, 1.54) is 0 Å². The molecule has 0 saturated carbocycles. The third-order valence-corrected chi connectivity index (χ3v) is 3.18. The van der Waals surface area contributed by atoms with Crippen LogP contribution in [0.5, 0.6) is 0 Å². The minimum absolute atomic E-state index is 0.142. The van der Waals surface area contributed by atoms with Gasteiger partial charge < -0.3 is 14.9 Å². The van der Waals surface area contributed by atoms with E-state index in [1.807, 2.05) is 0 Å². The molecule has 0 unspecified atom stereocenters. The molecule has 1 amide bonds. The number of hydrogen-bond acceptors (Lipinski definition) is 4. The van der Waals surface area contributed by atoms with Gasteiger partial charge in [0.25, 0.3) is 0 Å². The number of hydrogen-bond donors (Lipinski definition) is 2. The maximum absolute atomic E-state index is 12.0. The number of ether oxygens (including phenoxy) is 1. The molecular weight excluding hydrogens is 238 g/mol. The number of amides is 1. The van der Waals surface area contributed by atoms with Crippen LogP contribution in [0.4, 0.5) is 4.79 Å². The standard InChI is InChI=1S/C12H21NO5/c1-5-12(9(15)16)8(14)6-7-13(12)10(17)18-11(2,3)4/h8,14H,5-7H2,1-4H3,(H,15,16)/t8-,12-/m0/s1. The molecule has 0 aliphatic carbocycles. The van der Waals surface area contributed by atoms with Crippen LogP contribution in [-0.4, -0.2) is 51.0 Å². The van der Waals surface area contributed by atoms with Gasteiger partial charge >= 0.3 is 12.1 Å². The average Bonchev–Trinajstić information content (AvgIpc) is 2.53. The van der Waals surface area contributed by atoms with E-state index >= 15 is 0 Å². The zero-order chi connectivity index (χ0) is 14.1. The first-order valence-electron chi connectivity index (χ1n) is 6.07. The number of nitrogens with zero attached hydrogens (tertiary/aromatic N) is 1. The van der Waals surface area contributed by atoms with Crippen LogP contribution in [0.25, 0.3) is 0 Å². The Morgan fingerprint density at radius 2 is 2.00 bits per heavy atom. The van der Waals surface area contributed by atoms with Crippen molar-refractivity contribution in [1.82, 2.24) is 4.90 Å². The monoisotopic (exact) mass is 259 g/mol. The molecule has 2 atom stereocenters. The van der Waals surface area contributed by atoms with Crippen molar-refractivity contribution >= 4 is 12.1 Å². The molecule has 1 fully saturated rings. The second-order valence-electron chi connectivity index (χ2n) is 5.52. The minimum Gasteiger partial charge on any atom is -0.479 e. The summed E-state index contributed by atoms with van der Waals surface area (Å²) in [6, 6.07) is 0. The highest BCUT2D eigenvalue weighted by molar-refractivity contribution is 5.86. The molecular formula is C12H21NO5. The highest BCUT2D eigenvalue weighted by Crippen LogP contribution is 2.34. The van der Waals surface area contributed by atoms with Crippen molar-refractivity contribution in [3.63, 3.8) is 0 Å². The molecule has 1 saturated heterocycles. The summed E-state index contributed by atoms with van der Waals surface area (Å²) >= 11 is 0. The first-order chi connectivity index (χ1) is 8.15. The zero-order valence-electron chi connectivity index (χ0n) is 11.3. The molecule has 0 aromatic rings. The highest BCUT2D eigenvalue weighted by Gasteiger charge is 2.56. The highest BCUT2D eigenvalue weighted by atomic mass is 16.6. The predicted molar refractivity (Wildman–Crippen MR) is 64.2 cm³/mol. The lowest BCUT2D eigenvalue weighted by atomic mass is 9.90. The lowest BCUT2D eigenvalue weighted by molar-refractivity contribution is -0.155. The van der Waals surface area contributed by atoms with Gasteiger partial charge in [-0.2, -0.15) is 0 Å². The van der Waals surface area contributed by atoms with Crippen molar-refractivity contribution in [3.05, 3.63) is 0 Å².